The van der Waals surface area contributed by atoms with Crippen LogP contribution < -0.4 is 5.32 Å². The molecule has 0 saturated heterocycles. The number of allylic oxidation sites excluding steroid dienone is 1. The van der Waals surface area contributed by atoms with Crippen LogP contribution in [0.25, 0.3) is 0 Å². The zero-order valence-corrected chi connectivity index (χ0v) is 9.13. The SMILES string of the molecule is C/C(=C\C=N)C(=O)NCCCN(C)C. The standard InChI is InChI=1S/C10H19N3O/c1-9(5-6-11)10(14)12-7-4-8-13(2)3/h5-6,11H,4,7-8H2,1-3H3,(H,12,14)/b9-5+,11-6?. The van der Waals surface area contributed by atoms with E-state index >= 15 is 0 Å². The van der Waals surface area contributed by atoms with E-state index in [9.17, 15) is 4.79 Å². The second-order valence-corrected chi connectivity index (χ2v) is 3.43. The van der Waals surface area contributed by atoms with Gasteiger partial charge in [-0.05, 0) is 40.1 Å². The lowest BCUT2D eigenvalue weighted by Crippen LogP contribution is -2.27. The highest BCUT2D eigenvalue weighted by Gasteiger charge is 2.01. The molecule has 0 saturated carbocycles. The van der Waals surface area contributed by atoms with Crippen LogP contribution in [0.3, 0.4) is 0 Å². The molecule has 2 N–H and O–H groups in total. The molecule has 0 fully saturated rings. The lowest BCUT2D eigenvalue weighted by molar-refractivity contribution is -0.117. The van der Waals surface area contributed by atoms with Crippen LogP contribution in [0.2, 0.25) is 0 Å². The van der Waals surface area contributed by atoms with Gasteiger partial charge in [-0.15, -0.1) is 0 Å². The molecule has 0 spiro atoms. The Bertz CT molecular complexity index is 221. The van der Waals surface area contributed by atoms with E-state index in [1.807, 2.05) is 14.1 Å². The Labute approximate surface area is 85.5 Å². The predicted octanol–water partition coefficient (Wildman–Crippen LogP) is 0.650. The number of nitrogens with zero attached hydrogens (tertiary/aromatic N) is 1. The van der Waals surface area contributed by atoms with Gasteiger partial charge in [0.15, 0.2) is 0 Å². The van der Waals surface area contributed by atoms with E-state index in [4.69, 9.17) is 5.41 Å². The van der Waals surface area contributed by atoms with Crippen LogP contribution >= 0.6 is 0 Å². The normalized spacial score (nSPS) is 11.6. The monoisotopic (exact) mass is 197 g/mol. The molecular weight excluding hydrogens is 178 g/mol. The molecule has 0 aromatic rings. The van der Waals surface area contributed by atoms with Crippen molar-refractivity contribution in [1.82, 2.24) is 10.2 Å². The van der Waals surface area contributed by atoms with Gasteiger partial charge < -0.3 is 15.6 Å². The number of hydrogen-bond acceptors (Lipinski definition) is 3. The third-order valence-corrected chi connectivity index (χ3v) is 1.76. The summed E-state index contributed by atoms with van der Waals surface area (Å²) >= 11 is 0. The minimum absolute atomic E-state index is 0.0905. The van der Waals surface area contributed by atoms with Gasteiger partial charge in [0.2, 0.25) is 5.91 Å². The number of rotatable bonds is 6. The summed E-state index contributed by atoms with van der Waals surface area (Å²) in [6.45, 7) is 3.35. The lowest BCUT2D eigenvalue weighted by Gasteiger charge is -2.09. The average molecular weight is 197 g/mol. The maximum atomic E-state index is 11.3. The molecule has 0 aromatic carbocycles. The first-order valence-electron chi connectivity index (χ1n) is 4.68. The minimum Gasteiger partial charge on any atom is -0.352 e. The Kier molecular flexibility index (Phi) is 6.66. The van der Waals surface area contributed by atoms with Crippen molar-refractivity contribution in [1.29, 1.82) is 5.41 Å². The van der Waals surface area contributed by atoms with Crippen molar-refractivity contribution in [3.05, 3.63) is 11.6 Å². The zero-order chi connectivity index (χ0) is 11.0. The van der Waals surface area contributed by atoms with Crippen LogP contribution in [-0.2, 0) is 4.79 Å². The summed E-state index contributed by atoms with van der Waals surface area (Å²) < 4.78 is 0. The topological polar surface area (TPSA) is 56.2 Å². The fourth-order valence-corrected chi connectivity index (χ4v) is 0.937. The van der Waals surface area contributed by atoms with E-state index in [0.29, 0.717) is 12.1 Å². The summed E-state index contributed by atoms with van der Waals surface area (Å²) in [6, 6.07) is 0. The number of carbonyl (C=O) groups excluding carboxylic acids is 1. The number of hydrogen-bond donors (Lipinski definition) is 2. The van der Waals surface area contributed by atoms with E-state index in [1.165, 1.54) is 6.08 Å². The van der Waals surface area contributed by atoms with Gasteiger partial charge >= 0.3 is 0 Å². The number of amides is 1. The summed E-state index contributed by atoms with van der Waals surface area (Å²) in [5, 5.41) is 9.59. The van der Waals surface area contributed by atoms with Crippen molar-refractivity contribution in [3.63, 3.8) is 0 Å². The maximum Gasteiger partial charge on any atom is 0.246 e. The van der Waals surface area contributed by atoms with E-state index in [0.717, 1.165) is 19.2 Å². The second-order valence-electron chi connectivity index (χ2n) is 3.43. The predicted molar refractivity (Wildman–Crippen MR) is 58.7 cm³/mol. The Morgan fingerprint density at radius 2 is 2.14 bits per heavy atom. The van der Waals surface area contributed by atoms with Crippen molar-refractivity contribution >= 4 is 12.1 Å². The molecule has 0 aliphatic heterocycles. The lowest BCUT2D eigenvalue weighted by atomic mass is 10.2. The summed E-state index contributed by atoms with van der Waals surface area (Å²) in [6.07, 6.45) is 3.55. The quantitative estimate of drug-likeness (QED) is 0.373. The zero-order valence-electron chi connectivity index (χ0n) is 9.13. The van der Waals surface area contributed by atoms with Crippen molar-refractivity contribution in [3.8, 4) is 0 Å². The molecule has 0 heterocycles. The second kappa shape index (κ2) is 7.26. The molecule has 0 aliphatic rings. The fraction of sp³-hybridized carbons (Fsp3) is 0.600. The summed E-state index contributed by atoms with van der Waals surface area (Å²) in [5.41, 5.74) is 0.574. The molecule has 80 valence electrons. The van der Waals surface area contributed by atoms with Crippen LogP contribution in [0.1, 0.15) is 13.3 Å². The first-order valence-corrected chi connectivity index (χ1v) is 4.68. The van der Waals surface area contributed by atoms with E-state index in [1.54, 1.807) is 6.92 Å². The van der Waals surface area contributed by atoms with E-state index in [2.05, 4.69) is 10.2 Å². The maximum absolute atomic E-state index is 11.3. The average Bonchev–Trinajstić information content (AvgIpc) is 2.12. The van der Waals surface area contributed by atoms with Gasteiger partial charge in [-0.2, -0.15) is 0 Å². The third-order valence-electron chi connectivity index (χ3n) is 1.76. The number of carbonyl (C=O) groups is 1. The van der Waals surface area contributed by atoms with E-state index in [-0.39, 0.29) is 5.91 Å². The van der Waals surface area contributed by atoms with Gasteiger partial charge in [-0.3, -0.25) is 4.79 Å². The van der Waals surface area contributed by atoms with Crippen molar-refractivity contribution < 1.29 is 4.79 Å². The molecule has 0 aliphatic carbocycles. The van der Waals surface area contributed by atoms with Crippen molar-refractivity contribution in [2.75, 3.05) is 27.2 Å². The molecule has 4 nitrogen and oxygen atoms in total. The minimum atomic E-state index is -0.0905. The largest absolute Gasteiger partial charge is 0.352 e. The first kappa shape index (κ1) is 12.8. The van der Waals surface area contributed by atoms with Crippen LogP contribution in [-0.4, -0.2) is 44.2 Å². The van der Waals surface area contributed by atoms with Gasteiger partial charge in [-0.1, -0.05) is 0 Å². The summed E-state index contributed by atoms with van der Waals surface area (Å²) in [5.74, 6) is -0.0905. The van der Waals surface area contributed by atoms with Gasteiger partial charge in [0.25, 0.3) is 0 Å². The smallest absolute Gasteiger partial charge is 0.246 e. The fourth-order valence-electron chi connectivity index (χ4n) is 0.937. The first-order chi connectivity index (χ1) is 6.57. The van der Waals surface area contributed by atoms with E-state index < -0.39 is 0 Å². The van der Waals surface area contributed by atoms with Crippen LogP contribution in [0.15, 0.2) is 11.6 Å². The van der Waals surface area contributed by atoms with Gasteiger partial charge in [0.05, 0.1) is 0 Å². The van der Waals surface area contributed by atoms with Gasteiger partial charge in [-0.25, -0.2) is 0 Å². The Balaban J connectivity index is 3.64. The van der Waals surface area contributed by atoms with Crippen LogP contribution in [0.5, 0.6) is 0 Å². The number of nitrogens with one attached hydrogen (secondary N) is 2. The summed E-state index contributed by atoms with van der Waals surface area (Å²) in [4.78, 5) is 13.4. The molecular formula is C10H19N3O. The summed E-state index contributed by atoms with van der Waals surface area (Å²) in [7, 11) is 4.00. The highest BCUT2D eigenvalue weighted by molar-refractivity contribution is 5.96. The Hall–Kier alpha value is -1.16. The molecule has 0 unspecified atom stereocenters. The molecule has 0 atom stereocenters. The van der Waals surface area contributed by atoms with Crippen molar-refractivity contribution in [2.45, 2.75) is 13.3 Å². The Morgan fingerprint density at radius 1 is 1.50 bits per heavy atom. The highest BCUT2D eigenvalue weighted by Crippen LogP contribution is 1.90. The highest BCUT2D eigenvalue weighted by atomic mass is 16.1. The molecule has 0 radical (unpaired) electrons. The molecule has 0 aromatic heterocycles. The molecule has 0 rings (SSSR count). The molecule has 14 heavy (non-hydrogen) atoms. The molecule has 0 bridgehead atoms. The van der Waals surface area contributed by atoms with Crippen LogP contribution in [0, 0.1) is 5.41 Å². The van der Waals surface area contributed by atoms with Crippen LogP contribution in [0.4, 0.5) is 0 Å². The van der Waals surface area contributed by atoms with Gasteiger partial charge in [0, 0.05) is 18.3 Å². The molecule has 4 heteroatoms. The molecule has 1 amide bonds. The van der Waals surface area contributed by atoms with Crippen molar-refractivity contribution in [2.24, 2.45) is 0 Å². The third kappa shape index (κ3) is 6.37. The Morgan fingerprint density at radius 3 is 2.64 bits per heavy atom. The van der Waals surface area contributed by atoms with Gasteiger partial charge in [0.1, 0.15) is 0 Å².